The van der Waals surface area contributed by atoms with E-state index in [1.54, 1.807) is 14.0 Å². The van der Waals surface area contributed by atoms with Gasteiger partial charge in [-0.3, -0.25) is 0 Å². The quantitative estimate of drug-likeness (QED) is 0.550. The number of aryl methyl sites for hydroxylation is 1. The van der Waals surface area contributed by atoms with Crippen LogP contribution in [0.1, 0.15) is 31.7 Å². The van der Waals surface area contributed by atoms with Crippen LogP contribution in [0.15, 0.2) is 54.6 Å². The van der Waals surface area contributed by atoms with Crippen LogP contribution in [0, 0.1) is 0 Å². The summed E-state index contributed by atoms with van der Waals surface area (Å²) in [7, 11) is 1.63. The summed E-state index contributed by atoms with van der Waals surface area (Å²) in [6, 6.07) is 17.8. The van der Waals surface area contributed by atoms with Gasteiger partial charge in [0.15, 0.2) is 0 Å². The van der Waals surface area contributed by atoms with E-state index in [1.165, 1.54) is 5.56 Å². The highest BCUT2D eigenvalue weighted by Crippen LogP contribution is 2.28. The van der Waals surface area contributed by atoms with Crippen molar-refractivity contribution in [1.29, 1.82) is 0 Å². The van der Waals surface area contributed by atoms with E-state index < -0.39 is 6.16 Å². The van der Waals surface area contributed by atoms with Crippen molar-refractivity contribution in [3.63, 3.8) is 0 Å². The molecule has 0 amide bonds. The Bertz CT molecular complexity index is 761. The van der Waals surface area contributed by atoms with Gasteiger partial charge in [-0.1, -0.05) is 30.3 Å². The van der Waals surface area contributed by atoms with Crippen LogP contribution in [0.25, 0.3) is 0 Å². The van der Waals surface area contributed by atoms with Gasteiger partial charge in [-0.25, -0.2) is 4.79 Å². The molecule has 6 nitrogen and oxygen atoms in total. The monoisotopic (exact) mass is 414 g/mol. The molecule has 2 aromatic rings. The number of rotatable bonds is 9. The van der Waals surface area contributed by atoms with E-state index in [0.29, 0.717) is 0 Å². The van der Waals surface area contributed by atoms with Crippen LogP contribution in [-0.4, -0.2) is 44.8 Å². The minimum atomic E-state index is -0.685. The molecule has 3 unspecified atom stereocenters. The molecular formula is C24H30O6. The third-order valence-electron chi connectivity index (χ3n) is 5.13. The fourth-order valence-electron chi connectivity index (χ4n) is 3.54. The predicted octanol–water partition coefficient (Wildman–Crippen LogP) is 4.80. The van der Waals surface area contributed by atoms with E-state index in [4.69, 9.17) is 23.7 Å². The topological polar surface area (TPSA) is 63.2 Å². The summed E-state index contributed by atoms with van der Waals surface area (Å²) in [4.78, 5) is 11.7. The fourth-order valence-corrected chi connectivity index (χ4v) is 3.54. The predicted molar refractivity (Wildman–Crippen MR) is 113 cm³/mol. The summed E-state index contributed by atoms with van der Waals surface area (Å²) in [6.07, 6.45) is 2.42. The van der Waals surface area contributed by atoms with Gasteiger partial charge in [0.05, 0.1) is 19.8 Å². The van der Waals surface area contributed by atoms with Crippen LogP contribution in [0.2, 0.25) is 0 Å². The molecule has 0 radical (unpaired) electrons. The van der Waals surface area contributed by atoms with Crippen molar-refractivity contribution >= 4 is 6.16 Å². The van der Waals surface area contributed by atoms with Gasteiger partial charge < -0.3 is 23.7 Å². The first-order chi connectivity index (χ1) is 14.7. The van der Waals surface area contributed by atoms with Crippen LogP contribution in [0.5, 0.6) is 11.5 Å². The molecule has 6 heteroatoms. The SMILES string of the molecule is CCOC(=O)OCC1OC(CCc2ccccc2)CCC1Oc1ccc(OC)cc1. The Kier molecular flexibility index (Phi) is 8.39. The molecule has 162 valence electrons. The molecule has 1 saturated heterocycles. The standard InChI is InChI=1S/C24H30O6/c1-3-27-24(25)28-17-23-22(29-21-13-11-19(26-2)12-14-21)16-15-20(30-23)10-9-18-7-5-4-6-8-18/h4-8,11-14,20,22-23H,3,9-10,15-17H2,1-2H3. The largest absolute Gasteiger partial charge is 0.508 e. The van der Waals surface area contributed by atoms with E-state index >= 15 is 0 Å². The van der Waals surface area contributed by atoms with Gasteiger partial charge in [0.1, 0.15) is 30.3 Å². The zero-order chi connectivity index (χ0) is 21.2. The summed E-state index contributed by atoms with van der Waals surface area (Å²) in [5, 5.41) is 0. The number of carbonyl (C=O) groups excluding carboxylic acids is 1. The molecule has 0 bridgehead atoms. The van der Waals surface area contributed by atoms with Crippen molar-refractivity contribution in [3.05, 3.63) is 60.2 Å². The highest BCUT2D eigenvalue weighted by Gasteiger charge is 2.34. The molecule has 0 N–H and O–H groups in total. The molecule has 30 heavy (non-hydrogen) atoms. The number of carbonyl (C=O) groups is 1. The second-order valence-electron chi connectivity index (χ2n) is 7.22. The molecule has 1 aliphatic heterocycles. The average Bonchev–Trinajstić information content (AvgIpc) is 2.79. The lowest BCUT2D eigenvalue weighted by molar-refractivity contribution is -0.131. The minimum Gasteiger partial charge on any atom is -0.497 e. The van der Waals surface area contributed by atoms with Crippen molar-refractivity contribution in [2.75, 3.05) is 20.3 Å². The van der Waals surface area contributed by atoms with Crippen molar-refractivity contribution in [1.82, 2.24) is 0 Å². The lowest BCUT2D eigenvalue weighted by Gasteiger charge is -2.36. The molecule has 0 aliphatic carbocycles. The number of methoxy groups -OCH3 is 1. The van der Waals surface area contributed by atoms with Gasteiger partial charge in [0, 0.05) is 0 Å². The first-order valence-electron chi connectivity index (χ1n) is 10.5. The van der Waals surface area contributed by atoms with Gasteiger partial charge >= 0.3 is 6.16 Å². The Balaban J connectivity index is 1.59. The maximum atomic E-state index is 11.7. The smallest absolute Gasteiger partial charge is 0.497 e. The van der Waals surface area contributed by atoms with Crippen molar-refractivity contribution in [2.24, 2.45) is 0 Å². The summed E-state index contributed by atoms with van der Waals surface area (Å²) in [5.41, 5.74) is 1.29. The Hall–Kier alpha value is -2.73. The Morgan fingerprint density at radius 3 is 2.43 bits per heavy atom. The van der Waals surface area contributed by atoms with Gasteiger partial charge in [-0.15, -0.1) is 0 Å². The molecule has 1 aliphatic rings. The van der Waals surface area contributed by atoms with E-state index in [1.807, 2.05) is 42.5 Å². The molecule has 1 fully saturated rings. The Morgan fingerprint density at radius 2 is 1.73 bits per heavy atom. The molecule has 1 heterocycles. The Labute approximate surface area is 178 Å². The molecular weight excluding hydrogens is 384 g/mol. The van der Waals surface area contributed by atoms with Crippen molar-refractivity contribution in [2.45, 2.75) is 50.9 Å². The third kappa shape index (κ3) is 6.66. The van der Waals surface area contributed by atoms with Crippen molar-refractivity contribution < 1.29 is 28.5 Å². The maximum absolute atomic E-state index is 11.7. The summed E-state index contributed by atoms with van der Waals surface area (Å²) in [5.74, 6) is 1.50. The summed E-state index contributed by atoms with van der Waals surface area (Å²) >= 11 is 0. The van der Waals surface area contributed by atoms with Crippen LogP contribution in [-0.2, 0) is 20.6 Å². The van der Waals surface area contributed by atoms with Crippen molar-refractivity contribution in [3.8, 4) is 11.5 Å². The number of hydrogen-bond donors (Lipinski definition) is 0. The Morgan fingerprint density at radius 1 is 1.00 bits per heavy atom. The average molecular weight is 414 g/mol. The number of hydrogen-bond acceptors (Lipinski definition) is 6. The van der Waals surface area contributed by atoms with E-state index in [9.17, 15) is 4.79 Å². The summed E-state index contributed by atoms with van der Waals surface area (Å²) < 4.78 is 27.8. The second-order valence-corrected chi connectivity index (χ2v) is 7.22. The van der Waals surface area contributed by atoms with E-state index in [-0.39, 0.29) is 31.5 Å². The highest BCUT2D eigenvalue weighted by molar-refractivity contribution is 5.59. The lowest BCUT2D eigenvalue weighted by atomic mass is 9.96. The first kappa shape index (κ1) is 22.0. The van der Waals surface area contributed by atoms with Gasteiger partial charge in [-0.2, -0.15) is 0 Å². The first-order valence-corrected chi connectivity index (χ1v) is 10.5. The molecule has 3 rings (SSSR count). The maximum Gasteiger partial charge on any atom is 0.508 e. The van der Waals surface area contributed by atoms with E-state index in [0.717, 1.165) is 37.2 Å². The van der Waals surface area contributed by atoms with Crippen LogP contribution in [0.4, 0.5) is 4.79 Å². The van der Waals surface area contributed by atoms with Gasteiger partial charge in [0.2, 0.25) is 0 Å². The molecule has 0 saturated carbocycles. The third-order valence-corrected chi connectivity index (χ3v) is 5.13. The van der Waals surface area contributed by atoms with Crippen LogP contribution < -0.4 is 9.47 Å². The second kappa shape index (κ2) is 11.5. The van der Waals surface area contributed by atoms with Crippen LogP contribution in [0.3, 0.4) is 0 Å². The fraction of sp³-hybridized carbons (Fsp3) is 0.458. The molecule has 0 spiro atoms. The molecule has 0 aromatic heterocycles. The molecule has 2 aromatic carbocycles. The number of benzene rings is 2. The highest BCUT2D eigenvalue weighted by atomic mass is 16.7. The minimum absolute atomic E-state index is 0.0942. The van der Waals surface area contributed by atoms with Crippen LogP contribution >= 0.6 is 0 Å². The van der Waals surface area contributed by atoms with E-state index in [2.05, 4.69) is 12.1 Å². The zero-order valence-corrected chi connectivity index (χ0v) is 17.6. The lowest BCUT2D eigenvalue weighted by Crippen LogP contribution is -2.45. The number of ether oxygens (including phenoxy) is 5. The zero-order valence-electron chi connectivity index (χ0n) is 17.6. The summed E-state index contributed by atoms with van der Waals surface area (Å²) in [6.45, 7) is 2.12. The van der Waals surface area contributed by atoms with Gasteiger partial charge in [0.25, 0.3) is 0 Å². The molecule has 3 atom stereocenters. The van der Waals surface area contributed by atoms with Gasteiger partial charge in [-0.05, 0) is 62.4 Å². The normalized spacial score (nSPS) is 20.9.